The van der Waals surface area contributed by atoms with Gasteiger partial charge in [-0.3, -0.25) is 0 Å². The molecule has 7 rings (SSSR count). The maximum Gasteiger partial charge on any atom is 0.236 e. The lowest BCUT2D eigenvalue weighted by Gasteiger charge is -2.19. The average molecular weight is 1250 g/mol. The highest BCUT2D eigenvalue weighted by molar-refractivity contribution is 5.78. The summed E-state index contributed by atoms with van der Waals surface area (Å²) in [7, 11) is 0. The summed E-state index contributed by atoms with van der Waals surface area (Å²) in [5.41, 5.74) is -13.0. The molecule has 0 unspecified atom stereocenters. The fourth-order valence-corrected chi connectivity index (χ4v) is 6.56. The molecule has 1 N–H and O–H groups in total. The van der Waals surface area contributed by atoms with E-state index in [1.165, 1.54) is 0 Å². The molecule has 87 heavy (non-hydrogen) atoms. The van der Waals surface area contributed by atoms with Crippen LogP contribution in [0.2, 0.25) is 0 Å². The van der Waals surface area contributed by atoms with Gasteiger partial charge in [0.05, 0.1) is 13.1 Å². The molecule has 0 bridgehead atoms. The van der Waals surface area contributed by atoms with E-state index in [2.05, 4.69) is 33.4 Å². The Morgan fingerprint density at radius 3 is 0.563 bits per heavy atom. The van der Waals surface area contributed by atoms with E-state index in [0.29, 0.717) is 0 Å². The lowest BCUT2D eigenvalue weighted by molar-refractivity contribution is 0.293. The molecule has 438 valence electrons. The predicted octanol–water partition coefficient (Wildman–Crippen LogP) is 15.6. The van der Waals surface area contributed by atoms with Gasteiger partial charge in [0, 0.05) is 0 Å². The molecule has 7 aromatic rings. The van der Waals surface area contributed by atoms with Crippen molar-refractivity contribution in [1.82, 2.24) is 0 Å². The van der Waals surface area contributed by atoms with E-state index in [1.807, 2.05) is 0 Å². The molecule has 0 heterocycles. The van der Waals surface area contributed by atoms with Gasteiger partial charge in [-0.2, -0.15) is 97.4 Å². The molecule has 7 aromatic carbocycles. The smallest absolute Gasteiger partial charge is 0.236 e. The Bertz CT molecular complexity index is 4330. The summed E-state index contributed by atoms with van der Waals surface area (Å²) in [6.07, 6.45) is 0. The highest BCUT2D eigenvalue weighted by atomic mass is 19.2. The van der Waals surface area contributed by atoms with Crippen LogP contribution in [0.5, 0.6) is 63.2 Å². The van der Waals surface area contributed by atoms with Crippen molar-refractivity contribution < 1.29 is 130 Å². The Morgan fingerprint density at radius 2 is 0.379 bits per heavy atom. The third kappa shape index (κ3) is 10.3. The SMILES string of the molecule is N#Cc1c(F)c(F)c(Oc2c(F)c(F)c(O)c(F)c2F)c(F)c1C#N.[C-]#[N+]c1c(F)c(Oc2c(F)c(F)c(Oc3c(F)c(F)c(C#N)c(C#N)c3F)c(F)c2F)c(Oc2c(F)c(F)c(Oc3c(F)c(F)c(C#N)c(C#N)c3F)c(F)c2F)c(F)c1[N+]#[C-]. The van der Waals surface area contributed by atoms with Crippen LogP contribution in [0.3, 0.4) is 0 Å². The Hall–Kier alpha value is -12.4. The zero-order chi connectivity index (χ0) is 65.4. The van der Waals surface area contributed by atoms with Crippen molar-refractivity contribution in [2.45, 2.75) is 0 Å². The van der Waals surface area contributed by atoms with Crippen LogP contribution in [0.4, 0.5) is 112 Å². The maximum absolute atomic E-state index is 15.7. The highest BCUT2D eigenvalue weighted by Gasteiger charge is 2.39. The van der Waals surface area contributed by atoms with E-state index in [1.54, 1.807) is 0 Å². The van der Waals surface area contributed by atoms with Gasteiger partial charge >= 0.3 is 0 Å². The topological polar surface area (TPSA) is 218 Å². The van der Waals surface area contributed by atoms with Gasteiger partial charge in [-0.15, -0.1) is 0 Å². The van der Waals surface area contributed by atoms with E-state index < -0.39 is 242 Å². The summed E-state index contributed by atoms with van der Waals surface area (Å²) in [4.78, 5) is 4.75. The molecule has 0 fully saturated rings. The van der Waals surface area contributed by atoms with Crippen LogP contribution in [-0.4, -0.2) is 5.11 Å². The number of aromatic hydroxyl groups is 1. The number of halogens is 23. The molecule has 0 aromatic heterocycles. The molecule has 0 aliphatic carbocycles. The third-order valence-corrected chi connectivity index (χ3v) is 10.6. The summed E-state index contributed by atoms with van der Waals surface area (Å²) >= 11 is 0. The van der Waals surface area contributed by atoms with Crippen molar-refractivity contribution >= 4 is 11.4 Å². The van der Waals surface area contributed by atoms with E-state index >= 15 is 43.9 Å². The summed E-state index contributed by atoms with van der Waals surface area (Å²) in [6, 6.07) is 5.52. The number of benzene rings is 7. The average Bonchev–Trinajstić information content (AvgIpc) is 1.08. The Labute approximate surface area is 461 Å². The first kappa shape index (κ1) is 63.8. The number of hydrogen-bond donors (Lipinski definition) is 1. The monoisotopic (exact) mass is 1250 g/mol. The molecule has 0 amide bonds. The lowest BCUT2D eigenvalue weighted by atomic mass is 10.1. The van der Waals surface area contributed by atoms with Crippen molar-refractivity contribution in [3.05, 3.63) is 190 Å². The lowest BCUT2D eigenvalue weighted by Crippen LogP contribution is -2.09. The van der Waals surface area contributed by atoms with E-state index in [9.17, 15) is 57.1 Å². The number of rotatable bonds is 10. The molecule has 37 heteroatoms. The second kappa shape index (κ2) is 24.2. The molecular formula is C50HF23N8O6. The Morgan fingerprint density at radius 1 is 0.230 bits per heavy atom. The molecule has 0 atom stereocenters. The van der Waals surface area contributed by atoms with Crippen LogP contribution < -0.4 is 23.7 Å². The van der Waals surface area contributed by atoms with Crippen LogP contribution in [0.15, 0.2) is 0 Å². The Kier molecular flexibility index (Phi) is 17.8. The summed E-state index contributed by atoms with van der Waals surface area (Å²) in [5, 5.41) is 61.8. The fraction of sp³-hybridized carbons (Fsp3) is 0. The van der Waals surface area contributed by atoms with Gasteiger partial charge in [0.15, 0.2) is 63.8 Å². The van der Waals surface area contributed by atoms with Gasteiger partial charge in [0.25, 0.3) is 0 Å². The van der Waals surface area contributed by atoms with Crippen LogP contribution in [-0.2, 0) is 0 Å². The van der Waals surface area contributed by atoms with Gasteiger partial charge in [0.1, 0.15) is 69.8 Å². The summed E-state index contributed by atoms with van der Waals surface area (Å²) < 4.78 is 357. The third-order valence-electron chi connectivity index (χ3n) is 10.6. The standard InChI is InChI=1S/C36F16N6O4.C14HF7N2O2/c1-57-27-25(51)35(61-33-21(47)17(43)31(18(44)22(33)48)59-29-13(39)9(5-55)7(3-53)11(37)15(29)41)36(26(52)28(27)58-2)62-34-23(49)19(45)32(20(46)24(34)50)60-30-14(40)10(6-56)8(4-54)12(38)16(30)42;15-5-3(1-22)4(2-23)6(16)13(9(5)19)25-14-10(20)7(17)12(24)8(18)11(14)21/h;24H. The molecule has 0 aliphatic rings. The quantitative estimate of drug-likeness (QED) is 0.0768. The first-order valence-electron chi connectivity index (χ1n) is 20.8. The van der Waals surface area contributed by atoms with Gasteiger partial charge in [-0.05, 0) is 0 Å². The van der Waals surface area contributed by atoms with Crippen molar-refractivity contribution in [2.24, 2.45) is 0 Å². The minimum absolute atomic E-state index is 0.876. The minimum Gasteiger partial charge on any atom is -0.503 e. The van der Waals surface area contributed by atoms with Gasteiger partial charge < -0.3 is 28.8 Å². The van der Waals surface area contributed by atoms with Crippen LogP contribution in [0.25, 0.3) is 9.69 Å². The van der Waals surface area contributed by atoms with Crippen molar-refractivity contribution in [3.8, 4) is 99.7 Å². The van der Waals surface area contributed by atoms with Crippen molar-refractivity contribution in [2.75, 3.05) is 0 Å². The van der Waals surface area contributed by atoms with E-state index in [0.717, 1.165) is 36.4 Å². The van der Waals surface area contributed by atoms with Crippen molar-refractivity contribution in [3.63, 3.8) is 0 Å². The largest absolute Gasteiger partial charge is 0.503 e. The second-order valence-corrected chi connectivity index (χ2v) is 15.2. The van der Waals surface area contributed by atoms with Crippen LogP contribution in [0, 0.1) is 215 Å². The first-order chi connectivity index (χ1) is 40.9. The van der Waals surface area contributed by atoms with Gasteiger partial charge in [-0.25, -0.2) is 44.8 Å². The Balaban J connectivity index is 0.000000402. The molecule has 0 saturated heterocycles. The number of nitriles is 6. The minimum atomic E-state index is -2.99. The molecule has 14 nitrogen and oxygen atoms in total. The highest BCUT2D eigenvalue weighted by Crippen LogP contribution is 2.53. The van der Waals surface area contributed by atoms with E-state index in [-0.39, 0.29) is 0 Å². The van der Waals surface area contributed by atoms with Crippen LogP contribution in [0.1, 0.15) is 33.4 Å². The zero-order valence-corrected chi connectivity index (χ0v) is 39.8. The molecular weight excluding hydrogens is 1250 g/mol. The normalized spacial score (nSPS) is 10.4. The van der Waals surface area contributed by atoms with Crippen LogP contribution >= 0.6 is 0 Å². The molecule has 0 spiro atoms. The van der Waals surface area contributed by atoms with Crippen molar-refractivity contribution in [1.29, 1.82) is 31.6 Å². The number of hydrogen-bond acceptors (Lipinski definition) is 12. The fourth-order valence-electron chi connectivity index (χ4n) is 6.56. The first-order valence-corrected chi connectivity index (χ1v) is 20.8. The number of nitrogens with zero attached hydrogens (tertiary/aromatic N) is 8. The number of phenols is 1. The predicted molar refractivity (Wildman–Crippen MR) is 227 cm³/mol. The van der Waals surface area contributed by atoms with Gasteiger partial charge in [0.2, 0.25) is 145 Å². The second-order valence-electron chi connectivity index (χ2n) is 15.2. The summed E-state index contributed by atoms with van der Waals surface area (Å²) in [5.74, 6) is -85.4. The van der Waals surface area contributed by atoms with Gasteiger partial charge in [-0.1, -0.05) is 0 Å². The number of phenolic OH excluding ortho intramolecular Hbond substituents is 1. The zero-order valence-electron chi connectivity index (χ0n) is 39.8. The van der Waals surface area contributed by atoms with E-state index in [4.69, 9.17) is 49.8 Å². The molecule has 0 radical (unpaired) electrons. The summed E-state index contributed by atoms with van der Waals surface area (Å²) in [6.45, 7) is 14.1. The molecule has 0 saturated carbocycles. The molecule has 0 aliphatic heterocycles. The maximum atomic E-state index is 15.7. The number of ether oxygens (including phenoxy) is 5.